The van der Waals surface area contributed by atoms with Crippen molar-refractivity contribution >= 4 is 16.8 Å². The summed E-state index contributed by atoms with van der Waals surface area (Å²) in [5.41, 5.74) is 6.35. The number of benzene rings is 5. The number of carbonyl (C=O) groups is 1. The Balaban J connectivity index is 1.30. The van der Waals surface area contributed by atoms with Crippen LogP contribution in [0.5, 0.6) is 5.75 Å². The zero-order chi connectivity index (χ0) is 29.4. The molecule has 0 aliphatic heterocycles. The predicted octanol–water partition coefficient (Wildman–Crippen LogP) is 8.25. The lowest BCUT2D eigenvalue weighted by Crippen LogP contribution is -2.25. The molecule has 214 valence electrons. The summed E-state index contributed by atoms with van der Waals surface area (Å²) in [5.74, 6) is 0.324. The first-order valence-electron chi connectivity index (χ1n) is 14.5. The Morgan fingerprint density at radius 2 is 1.37 bits per heavy atom. The predicted molar refractivity (Wildman–Crippen MR) is 169 cm³/mol. The number of aromatic nitrogens is 1. The van der Waals surface area contributed by atoms with Crippen LogP contribution in [0.15, 0.2) is 140 Å². The van der Waals surface area contributed by atoms with E-state index in [0.717, 1.165) is 44.5 Å². The molecule has 1 heterocycles. The van der Waals surface area contributed by atoms with E-state index in [9.17, 15) is 9.18 Å². The van der Waals surface area contributed by atoms with E-state index in [1.54, 1.807) is 0 Å². The Hall–Kier alpha value is -5.16. The topological polar surface area (TPSA) is 43.3 Å². The lowest BCUT2D eigenvalue weighted by atomic mass is 9.88. The van der Waals surface area contributed by atoms with Crippen molar-refractivity contribution in [3.8, 4) is 5.75 Å². The first-order valence-corrected chi connectivity index (χ1v) is 14.5. The first kappa shape index (κ1) is 28.0. The van der Waals surface area contributed by atoms with E-state index in [4.69, 9.17) is 4.74 Å². The number of hydrogen-bond donors (Lipinski definition) is 1. The number of ether oxygens (including phenoxy) is 1. The number of carbonyl (C=O) groups excluding carboxylic acids is 1. The molecule has 5 aromatic carbocycles. The zero-order valence-corrected chi connectivity index (χ0v) is 23.8. The third kappa shape index (κ3) is 7.02. The minimum atomic E-state index is -0.250. The number of rotatable bonds is 11. The quantitative estimate of drug-likeness (QED) is 0.171. The maximum absolute atomic E-state index is 13.6. The number of fused-ring (bicyclic) bond motifs is 1. The van der Waals surface area contributed by atoms with Gasteiger partial charge in [-0.2, -0.15) is 0 Å². The number of hydrogen-bond acceptors (Lipinski definition) is 2. The fourth-order valence-electron chi connectivity index (χ4n) is 5.47. The molecule has 1 N–H and O–H groups in total. The molecular formula is C38H33FN2O2. The third-order valence-electron chi connectivity index (χ3n) is 7.71. The van der Waals surface area contributed by atoms with Crippen LogP contribution in [0.1, 0.15) is 40.2 Å². The highest BCUT2D eigenvalue weighted by atomic mass is 19.1. The molecule has 1 atom stereocenters. The monoisotopic (exact) mass is 568 g/mol. The summed E-state index contributed by atoms with van der Waals surface area (Å²) in [7, 11) is 0. The first-order chi connectivity index (χ1) is 21.1. The van der Waals surface area contributed by atoms with Gasteiger partial charge in [0.2, 0.25) is 5.91 Å². The largest absolute Gasteiger partial charge is 0.489 e. The average molecular weight is 569 g/mol. The Labute approximate surface area is 251 Å². The number of amides is 1. The van der Waals surface area contributed by atoms with Gasteiger partial charge >= 0.3 is 0 Å². The zero-order valence-electron chi connectivity index (χ0n) is 23.8. The molecule has 1 amide bonds. The van der Waals surface area contributed by atoms with Crippen LogP contribution in [0.25, 0.3) is 10.9 Å². The molecule has 0 fully saturated rings. The summed E-state index contributed by atoms with van der Waals surface area (Å²) in [4.78, 5) is 13.4. The normalized spacial score (nSPS) is 11.7. The number of nitrogens with zero attached hydrogens (tertiary/aromatic N) is 1. The highest BCUT2D eigenvalue weighted by molar-refractivity contribution is 5.87. The summed E-state index contributed by atoms with van der Waals surface area (Å²) in [6.45, 7) is 1.56. The van der Waals surface area contributed by atoms with Crippen LogP contribution in [-0.4, -0.2) is 10.5 Å². The highest BCUT2D eigenvalue weighted by Gasteiger charge is 2.23. The maximum atomic E-state index is 13.6. The average Bonchev–Trinajstić information content (AvgIpc) is 3.42. The molecular weight excluding hydrogens is 535 g/mol. The molecule has 0 bridgehead atoms. The van der Waals surface area contributed by atoms with Gasteiger partial charge in [0, 0.05) is 42.5 Å². The van der Waals surface area contributed by atoms with Gasteiger partial charge in [0.05, 0.1) is 0 Å². The summed E-state index contributed by atoms with van der Waals surface area (Å²) in [5, 5.41) is 4.21. The summed E-state index contributed by atoms with van der Waals surface area (Å²) >= 11 is 0. The van der Waals surface area contributed by atoms with Gasteiger partial charge in [-0.15, -0.1) is 0 Å². The van der Waals surface area contributed by atoms with Crippen LogP contribution < -0.4 is 10.1 Å². The Kier molecular flexibility index (Phi) is 8.60. The van der Waals surface area contributed by atoms with Crippen molar-refractivity contribution in [1.29, 1.82) is 0 Å². The van der Waals surface area contributed by atoms with Crippen molar-refractivity contribution in [1.82, 2.24) is 9.88 Å². The molecule has 0 aliphatic rings. The van der Waals surface area contributed by atoms with E-state index in [2.05, 4.69) is 40.3 Å². The van der Waals surface area contributed by atoms with Crippen molar-refractivity contribution in [2.24, 2.45) is 0 Å². The van der Waals surface area contributed by atoms with E-state index < -0.39 is 0 Å². The number of halogens is 1. The number of para-hydroxylation sites is 1. The number of nitrogens with one attached hydrogen (secondary N) is 1. The maximum Gasteiger partial charge on any atom is 0.221 e. The molecule has 4 nitrogen and oxygen atoms in total. The molecule has 0 radical (unpaired) electrons. The summed E-state index contributed by atoms with van der Waals surface area (Å²) in [6.07, 6.45) is 2.44. The molecule has 0 spiro atoms. The molecule has 0 saturated carbocycles. The molecule has 1 aromatic heterocycles. The van der Waals surface area contributed by atoms with Crippen molar-refractivity contribution in [3.63, 3.8) is 0 Å². The van der Waals surface area contributed by atoms with Crippen molar-refractivity contribution in [2.45, 2.75) is 32.0 Å². The van der Waals surface area contributed by atoms with E-state index in [1.165, 1.54) is 12.1 Å². The second kappa shape index (κ2) is 13.2. The van der Waals surface area contributed by atoms with Gasteiger partial charge in [-0.25, -0.2) is 4.39 Å². The fourth-order valence-corrected chi connectivity index (χ4v) is 5.47. The molecule has 0 unspecified atom stereocenters. The Bertz CT molecular complexity index is 1780. The molecule has 0 aliphatic carbocycles. The minimum absolute atomic E-state index is 0.0198. The van der Waals surface area contributed by atoms with Crippen LogP contribution in [0.3, 0.4) is 0 Å². The van der Waals surface area contributed by atoms with Crippen molar-refractivity contribution < 1.29 is 13.9 Å². The summed E-state index contributed by atoms with van der Waals surface area (Å²) in [6, 6.07) is 42.9. The molecule has 6 aromatic rings. The lowest BCUT2D eigenvalue weighted by molar-refractivity contribution is -0.121. The minimum Gasteiger partial charge on any atom is -0.489 e. The van der Waals surface area contributed by atoms with E-state index in [0.29, 0.717) is 26.1 Å². The van der Waals surface area contributed by atoms with Crippen LogP contribution in [-0.2, 0) is 24.5 Å². The van der Waals surface area contributed by atoms with Crippen LogP contribution in [0.2, 0.25) is 0 Å². The van der Waals surface area contributed by atoms with Gasteiger partial charge in [-0.3, -0.25) is 4.79 Å². The Morgan fingerprint density at radius 3 is 2.09 bits per heavy atom. The van der Waals surface area contributed by atoms with Gasteiger partial charge < -0.3 is 14.6 Å². The molecule has 6 rings (SSSR count). The van der Waals surface area contributed by atoms with Crippen LogP contribution in [0.4, 0.5) is 4.39 Å². The van der Waals surface area contributed by atoms with Gasteiger partial charge in [-0.1, -0.05) is 103 Å². The van der Waals surface area contributed by atoms with Gasteiger partial charge in [0.25, 0.3) is 0 Å². The smallest absolute Gasteiger partial charge is 0.221 e. The van der Waals surface area contributed by atoms with Crippen LogP contribution in [0, 0.1) is 5.82 Å². The second-order valence-corrected chi connectivity index (χ2v) is 10.7. The molecule has 43 heavy (non-hydrogen) atoms. The second-order valence-electron chi connectivity index (χ2n) is 10.7. The van der Waals surface area contributed by atoms with Crippen LogP contribution >= 0.6 is 0 Å². The lowest BCUT2D eigenvalue weighted by Gasteiger charge is -2.18. The van der Waals surface area contributed by atoms with Crippen molar-refractivity contribution in [3.05, 3.63) is 173 Å². The standard InChI is InChI=1S/C38H33FN2O2/c39-32-19-15-29(16-20-32)25-41-26-36(34-13-7-8-14-37(34)41)35(23-38(42)40-24-28-9-3-1-4-10-28)31-17-21-33(22-18-31)43-27-30-11-5-2-6-12-30/h1-22,26,35H,23-25,27H2,(H,40,42)/t35-/m0/s1. The molecule has 0 saturated heterocycles. The van der Waals surface area contributed by atoms with E-state index in [1.807, 2.05) is 97.1 Å². The van der Waals surface area contributed by atoms with Gasteiger partial charge in [0.15, 0.2) is 0 Å². The highest BCUT2D eigenvalue weighted by Crippen LogP contribution is 2.36. The Morgan fingerprint density at radius 1 is 0.721 bits per heavy atom. The van der Waals surface area contributed by atoms with E-state index in [-0.39, 0.29) is 17.6 Å². The third-order valence-corrected chi connectivity index (χ3v) is 7.71. The molecule has 5 heteroatoms. The van der Waals surface area contributed by atoms with Crippen molar-refractivity contribution in [2.75, 3.05) is 0 Å². The SMILES string of the molecule is O=C(C[C@@H](c1ccc(OCc2ccccc2)cc1)c1cn(Cc2ccc(F)cc2)c2ccccc12)NCc1ccccc1. The van der Waals surface area contributed by atoms with E-state index >= 15 is 0 Å². The summed E-state index contributed by atoms with van der Waals surface area (Å²) < 4.78 is 21.8. The van der Waals surface area contributed by atoms with Gasteiger partial charge in [0.1, 0.15) is 18.2 Å². The fraction of sp³-hybridized carbons (Fsp3) is 0.132. The van der Waals surface area contributed by atoms with Gasteiger partial charge in [-0.05, 0) is 58.1 Å².